The monoisotopic (exact) mass is 379 g/mol. The largest absolute Gasteiger partial charge is 0.493 e. The molecule has 1 saturated carbocycles. The third kappa shape index (κ3) is 5.94. The van der Waals surface area contributed by atoms with Gasteiger partial charge in [0, 0.05) is 12.1 Å². The molecule has 0 bridgehead atoms. The Morgan fingerprint density at radius 3 is 2.73 bits per heavy atom. The molecule has 1 aromatic carbocycles. The van der Waals surface area contributed by atoms with Crippen LogP contribution in [-0.4, -0.2) is 25.7 Å². The van der Waals surface area contributed by atoms with E-state index in [0.29, 0.717) is 35.0 Å². The van der Waals surface area contributed by atoms with Crippen molar-refractivity contribution in [3.63, 3.8) is 0 Å². The second kappa shape index (κ2) is 9.86. The molecule has 26 heavy (non-hydrogen) atoms. The Labute approximate surface area is 161 Å². The Morgan fingerprint density at radius 2 is 2.08 bits per heavy atom. The predicted octanol–water partition coefficient (Wildman–Crippen LogP) is 5.09. The maximum Gasteiger partial charge on any atom is 0.244 e. The second-order valence-electron chi connectivity index (χ2n) is 7.45. The van der Waals surface area contributed by atoms with Crippen molar-refractivity contribution in [1.29, 1.82) is 0 Å². The Balaban J connectivity index is 2.04. The molecule has 1 amide bonds. The maximum atomic E-state index is 12.2. The van der Waals surface area contributed by atoms with Crippen LogP contribution >= 0.6 is 11.6 Å². The number of nitrogens with one attached hydrogen (secondary N) is 1. The summed E-state index contributed by atoms with van der Waals surface area (Å²) in [5.74, 6) is 1.97. The Hall–Kier alpha value is -1.68. The number of amides is 1. The van der Waals surface area contributed by atoms with E-state index in [4.69, 9.17) is 21.1 Å². The minimum Gasteiger partial charge on any atom is -0.493 e. The highest BCUT2D eigenvalue weighted by molar-refractivity contribution is 6.32. The van der Waals surface area contributed by atoms with E-state index in [0.717, 1.165) is 12.0 Å². The summed E-state index contributed by atoms with van der Waals surface area (Å²) in [6.07, 6.45) is 7.99. The smallest absolute Gasteiger partial charge is 0.244 e. The summed E-state index contributed by atoms with van der Waals surface area (Å²) >= 11 is 6.35. The fourth-order valence-electron chi connectivity index (χ4n) is 3.16. The predicted molar refractivity (Wildman–Crippen MR) is 107 cm³/mol. The van der Waals surface area contributed by atoms with E-state index in [9.17, 15) is 4.79 Å². The molecule has 0 aromatic heterocycles. The SMILES string of the molecule is COc1cc(/C=C/C(=O)N[C@H]2CCCC[C@H]2C)cc(Cl)c1OCC(C)C. The first kappa shape index (κ1) is 20.6. The first-order valence-corrected chi connectivity index (χ1v) is 9.77. The maximum absolute atomic E-state index is 12.2. The summed E-state index contributed by atoms with van der Waals surface area (Å²) < 4.78 is 11.2. The van der Waals surface area contributed by atoms with Gasteiger partial charge in [-0.15, -0.1) is 0 Å². The van der Waals surface area contributed by atoms with Gasteiger partial charge in [0.05, 0.1) is 18.7 Å². The van der Waals surface area contributed by atoms with Gasteiger partial charge in [-0.05, 0) is 48.4 Å². The molecule has 2 atom stereocenters. The van der Waals surface area contributed by atoms with Crippen LogP contribution in [0.2, 0.25) is 5.02 Å². The van der Waals surface area contributed by atoms with Crippen molar-refractivity contribution < 1.29 is 14.3 Å². The zero-order valence-corrected chi connectivity index (χ0v) is 16.9. The van der Waals surface area contributed by atoms with Gasteiger partial charge in [0.25, 0.3) is 0 Å². The van der Waals surface area contributed by atoms with Gasteiger partial charge in [-0.3, -0.25) is 4.79 Å². The number of ether oxygens (including phenoxy) is 2. The topological polar surface area (TPSA) is 47.6 Å². The van der Waals surface area contributed by atoms with Crippen LogP contribution in [0.5, 0.6) is 11.5 Å². The van der Waals surface area contributed by atoms with Crippen molar-refractivity contribution in [2.75, 3.05) is 13.7 Å². The van der Waals surface area contributed by atoms with Gasteiger partial charge >= 0.3 is 0 Å². The van der Waals surface area contributed by atoms with Crippen molar-refractivity contribution in [2.24, 2.45) is 11.8 Å². The molecule has 0 spiro atoms. The summed E-state index contributed by atoms with van der Waals surface area (Å²) in [4.78, 5) is 12.2. The lowest BCUT2D eigenvalue weighted by atomic mass is 9.86. The van der Waals surface area contributed by atoms with Crippen molar-refractivity contribution in [1.82, 2.24) is 5.32 Å². The van der Waals surface area contributed by atoms with Gasteiger partial charge in [0.2, 0.25) is 5.91 Å². The number of methoxy groups -OCH3 is 1. The summed E-state index contributed by atoms with van der Waals surface area (Å²) in [6, 6.07) is 3.88. The third-order valence-electron chi connectivity index (χ3n) is 4.68. The van der Waals surface area contributed by atoms with Gasteiger partial charge in [0.15, 0.2) is 11.5 Å². The van der Waals surface area contributed by atoms with Crippen LogP contribution in [0, 0.1) is 11.8 Å². The van der Waals surface area contributed by atoms with Crippen molar-refractivity contribution in [2.45, 2.75) is 52.5 Å². The number of carbonyl (C=O) groups is 1. The first-order chi connectivity index (χ1) is 12.4. The van der Waals surface area contributed by atoms with Crippen LogP contribution in [0.15, 0.2) is 18.2 Å². The summed E-state index contributed by atoms with van der Waals surface area (Å²) in [5, 5.41) is 3.59. The molecule has 1 aromatic rings. The van der Waals surface area contributed by atoms with Crippen molar-refractivity contribution >= 4 is 23.6 Å². The number of rotatable bonds is 7. The average Bonchev–Trinajstić information content (AvgIpc) is 2.60. The summed E-state index contributed by atoms with van der Waals surface area (Å²) in [7, 11) is 1.58. The van der Waals surface area contributed by atoms with E-state index >= 15 is 0 Å². The van der Waals surface area contributed by atoms with Crippen LogP contribution in [0.1, 0.15) is 52.0 Å². The Kier molecular flexibility index (Phi) is 7.83. The molecule has 5 heteroatoms. The number of halogens is 1. The van der Waals surface area contributed by atoms with E-state index in [-0.39, 0.29) is 11.9 Å². The summed E-state index contributed by atoms with van der Waals surface area (Å²) in [6.45, 7) is 6.91. The average molecular weight is 380 g/mol. The fraction of sp³-hybridized carbons (Fsp3) is 0.571. The molecule has 144 valence electrons. The van der Waals surface area contributed by atoms with E-state index in [1.807, 2.05) is 6.07 Å². The van der Waals surface area contributed by atoms with Gasteiger partial charge < -0.3 is 14.8 Å². The highest BCUT2D eigenvalue weighted by atomic mass is 35.5. The lowest BCUT2D eigenvalue weighted by molar-refractivity contribution is -0.117. The number of carbonyl (C=O) groups excluding carboxylic acids is 1. The second-order valence-corrected chi connectivity index (χ2v) is 7.86. The van der Waals surface area contributed by atoms with Crippen LogP contribution < -0.4 is 14.8 Å². The van der Waals surface area contributed by atoms with E-state index in [2.05, 4.69) is 26.1 Å². The highest BCUT2D eigenvalue weighted by Crippen LogP contribution is 2.37. The minimum atomic E-state index is -0.0704. The molecule has 2 rings (SSSR count). The van der Waals surface area contributed by atoms with E-state index < -0.39 is 0 Å². The molecule has 0 unspecified atom stereocenters. The van der Waals surface area contributed by atoms with Crippen molar-refractivity contribution in [3.05, 3.63) is 28.8 Å². The molecule has 0 aliphatic heterocycles. The van der Waals surface area contributed by atoms with Gasteiger partial charge in [-0.2, -0.15) is 0 Å². The number of hydrogen-bond donors (Lipinski definition) is 1. The molecule has 1 N–H and O–H groups in total. The van der Waals surface area contributed by atoms with Crippen LogP contribution in [-0.2, 0) is 4.79 Å². The van der Waals surface area contributed by atoms with Gasteiger partial charge in [0.1, 0.15) is 0 Å². The highest BCUT2D eigenvalue weighted by Gasteiger charge is 2.22. The normalized spacial score (nSPS) is 20.4. The summed E-state index contributed by atoms with van der Waals surface area (Å²) in [5.41, 5.74) is 0.801. The molecule has 0 heterocycles. The standard InChI is InChI=1S/C21H30ClNO3/c1-14(2)13-26-21-17(22)11-16(12-19(21)25-4)9-10-20(24)23-18-8-6-5-7-15(18)3/h9-12,14-15,18H,5-8,13H2,1-4H3,(H,23,24)/b10-9+/t15-,18+/m1/s1. The third-order valence-corrected chi connectivity index (χ3v) is 4.96. The van der Waals surface area contributed by atoms with E-state index in [1.165, 1.54) is 19.3 Å². The minimum absolute atomic E-state index is 0.0704. The van der Waals surface area contributed by atoms with Gasteiger partial charge in [-0.25, -0.2) is 0 Å². The fourth-order valence-corrected chi connectivity index (χ4v) is 3.43. The first-order valence-electron chi connectivity index (χ1n) is 9.39. The number of benzene rings is 1. The molecular weight excluding hydrogens is 350 g/mol. The quantitative estimate of drug-likeness (QED) is 0.671. The lowest BCUT2D eigenvalue weighted by Crippen LogP contribution is -2.40. The molecule has 1 aliphatic rings. The molecule has 4 nitrogen and oxygen atoms in total. The molecule has 1 fully saturated rings. The van der Waals surface area contributed by atoms with Crippen LogP contribution in [0.4, 0.5) is 0 Å². The zero-order chi connectivity index (χ0) is 19.1. The molecular formula is C21H30ClNO3. The van der Waals surface area contributed by atoms with Crippen molar-refractivity contribution in [3.8, 4) is 11.5 Å². The number of hydrogen-bond acceptors (Lipinski definition) is 3. The van der Waals surface area contributed by atoms with E-state index in [1.54, 1.807) is 25.3 Å². The molecule has 1 aliphatic carbocycles. The zero-order valence-electron chi connectivity index (χ0n) is 16.2. The van der Waals surface area contributed by atoms with Crippen LogP contribution in [0.3, 0.4) is 0 Å². The lowest BCUT2D eigenvalue weighted by Gasteiger charge is -2.29. The Morgan fingerprint density at radius 1 is 1.35 bits per heavy atom. The van der Waals surface area contributed by atoms with Crippen LogP contribution in [0.25, 0.3) is 6.08 Å². The molecule has 0 radical (unpaired) electrons. The van der Waals surface area contributed by atoms with Gasteiger partial charge in [-0.1, -0.05) is 45.2 Å². The molecule has 0 saturated heterocycles. The Bertz CT molecular complexity index is 642.